The summed E-state index contributed by atoms with van der Waals surface area (Å²) < 4.78 is 0. The largest absolute Gasteiger partial charge is 0.383 e. The molecule has 80 valence electrons. The molecule has 0 amide bonds. The summed E-state index contributed by atoms with van der Waals surface area (Å²) in [5, 5.41) is 4.67. The molecule has 0 radical (unpaired) electrons. The Morgan fingerprint density at radius 1 is 1.20 bits per heavy atom. The fourth-order valence-corrected chi connectivity index (χ4v) is 1.71. The molecule has 0 atom stereocenters. The zero-order valence-corrected chi connectivity index (χ0v) is 8.79. The predicted molar refractivity (Wildman–Crippen MR) is 65.1 cm³/mol. The number of aromatic amines is 1. The molecule has 0 aliphatic heterocycles. The van der Waals surface area contributed by atoms with Crippen LogP contribution in [0.4, 0.5) is 5.69 Å². The van der Waals surface area contributed by atoms with Crippen molar-refractivity contribution in [3.63, 3.8) is 0 Å². The quantitative estimate of drug-likeness (QED) is 0.653. The Bertz CT molecular complexity index is 419. The summed E-state index contributed by atoms with van der Waals surface area (Å²) >= 11 is 0. The molecule has 1 aromatic heterocycles. The Kier molecular flexibility index (Phi) is 3.25. The van der Waals surface area contributed by atoms with E-state index in [1.165, 1.54) is 16.6 Å². The van der Waals surface area contributed by atoms with E-state index in [0.717, 1.165) is 25.9 Å². The molecule has 0 spiro atoms. The van der Waals surface area contributed by atoms with Crippen molar-refractivity contribution >= 4 is 16.6 Å². The van der Waals surface area contributed by atoms with Crippen LogP contribution in [0.25, 0.3) is 10.9 Å². The van der Waals surface area contributed by atoms with Crippen molar-refractivity contribution in [1.29, 1.82) is 0 Å². The topological polar surface area (TPSA) is 53.8 Å². The maximum atomic E-state index is 5.44. The van der Waals surface area contributed by atoms with Gasteiger partial charge in [-0.25, -0.2) is 0 Å². The fourth-order valence-electron chi connectivity index (χ4n) is 1.71. The molecule has 0 aliphatic carbocycles. The molecule has 2 rings (SSSR count). The number of hydrogen-bond donors (Lipinski definition) is 3. The maximum absolute atomic E-state index is 5.44. The highest BCUT2D eigenvalue weighted by atomic mass is 14.9. The van der Waals surface area contributed by atoms with Crippen LogP contribution in [0.2, 0.25) is 0 Å². The maximum Gasteiger partial charge on any atom is 0.0597 e. The number of aromatic nitrogens is 1. The van der Waals surface area contributed by atoms with Gasteiger partial charge in [0.25, 0.3) is 0 Å². The summed E-state index contributed by atoms with van der Waals surface area (Å²) in [7, 11) is 0. The molecule has 15 heavy (non-hydrogen) atoms. The summed E-state index contributed by atoms with van der Waals surface area (Å²) in [6.45, 7) is 1.76. The normalized spacial score (nSPS) is 10.7. The summed E-state index contributed by atoms with van der Waals surface area (Å²) in [5.41, 5.74) is 7.81. The first-order valence-electron chi connectivity index (χ1n) is 5.42. The van der Waals surface area contributed by atoms with Crippen molar-refractivity contribution < 1.29 is 0 Å². The Morgan fingerprint density at radius 2 is 2.07 bits per heavy atom. The van der Waals surface area contributed by atoms with E-state index >= 15 is 0 Å². The minimum Gasteiger partial charge on any atom is -0.383 e. The van der Waals surface area contributed by atoms with Crippen LogP contribution in [-0.4, -0.2) is 18.1 Å². The van der Waals surface area contributed by atoms with Crippen molar-refractivity contribution in [1.82, 2.24) is 4.98 Å². The summed E-state index contributed by atoms with van der Waals surface area (Å²) in [4.78, 5) is 3.24. The third-order valence-electron chi connectivity index (χ3n) is 2.54. The van der Waals surface area contributed by atoms with Gasteiger partial charge in [0, 0.05) is 23.6 Å². The Balaban J connectivity index is 2.02. The van der Waals surface area contributed by atoms with E-state index in [4.69, 9.17) is 5.73 Å². The molecule has 0 unspecified atom stereocenters. The number of rotatable bonds is 5. The standard InChI is InChI=1S/C12H17N3/c13-7-3-4-8-14-12-9-15-11-6-2-1-5-10(11)12/h1-2,5-6,9,14-15H,3-4,7-8,13H2. The smallest absolute Gasteiger partial charge is 0.0597 e. The van der Waals surface area contributed by atoms with Crippen LogP contribution < -0.4 is 11.1 Å². The van der Waals surface area contributed by atoms with Crippen molar-refractivity contribution in [3.8, 4) is 0 Å². The SMILES string of the molecule is NCCCCNc1c[nH]c2ccccc12. The van der Waals surface area contributed by atoms with Crippen LogP contribution in [0, 0.1) is 0 Å². The molecule has 3 nitrogen and oxygen atoms in total. The average molecular weight is 203 g/mol. The molecule has 1 heterocycles. The molecule has 0 aliphatic rings. The van der Waals surface area contributed by atoms with Gasteiger partial charge in [0.2, 0.25) is 0 Å². The zero-order valence-electron chi connectivity index (χ0n) is 8.79. The molecular formula is C12H17N3. The van der Waals surface area contributed by atoms with Gasteiger partial charge in [-0.3, -0.25) is 0 Å². The van der Waals surface area contributed by atoms with E-state index in [9.17, 15) is 0 Å². The van der Waals surface area contributed by atoms with Crippen LogP contribution in [-0.2, 0) is 0 Å². The van der Waals surface area contributed by atoms with E-state index in [2.05, 4.69) is 28.5 Å². The third kappa shape index (κ3) is 2.30. The lowest BCUT2D eigenvalue weighted by molar-refractivity contribution is 0.774. The van der Waals surface area contributed by atoms with Crippen LogP contribution in [0.5, 0.6) is 0 Å². The second kappa shape index (κ2) is 4.84. The van der Waals surface area contributed by atoms with E-state index in [1.807, 2.05) is 12.3 Å². The van der Waals surface area contributed by atoms with Gasteiger partial charge in [0.05, 0.1) is 5.69 Å². The highest BCUT2D eigenvalue weighted by molar-refractivity contribution is 5.92. The Morgan fingerprint density at radius 3 is 2.93 bits per heavy atom. The van der Waals surface area contributed by atoms with Gasteiger partial charge in [-0.1, -0.05) is 18.2 Å². The summed E-state index contributed by atoms with van der Waals surface area (Å²) in [5.74, 6) is 0. The van der Waals surface area contributed by atoms with Crippen LogP contribution in [0.15, 0.2) is 30.5 Å². The number of nitrogens with one attached hydrogen (secondary N) is 2. The number of anilines is 1. The van der Waals surface area contributed by atoms with Gasteiger partial charge >= 0.3 is 0 Å². The molecule has 4 N–H and O–H groups in total. The van der Waals surface area contributed by atoms with Gasteiger partial charge in [0.15, 0.2) is 0 Å². The molecule has 2 aromatic rings. The number of fused-ring (bicyclic) bond motifs is 1. The van der Waals surface area contributed by atoms with Crippen molar-refractivity contribution in [2.24, 2.45) is 5.73 Å². The van der Waals surface area contributed by atoms with Gasteiger partial charge in [-0.15, -0.1) is 0 Å². The lowest BCUT2D eigenvalue weighted by Crippen LogP contribution is -2.05. The molecule has 0 saturated heterocycles. The second-order valence-corrected chi connectivity index (χ2v) is 3.67. The number of para-hydroxylation sites is 1. The molecule has 0 bridgehead atoms. The van der Waals surface area contributed by atoms with Gasteiger partial charge in [0.1, 0.15) is 0 Å². The second-order valence-electron chi connectivity index (χ2n) is 3.67. The third-order valence-corrected chi connectivity index (χ3v) is 2.54. The van der Waals surface area contributed by atoms with E-state index in [0.29, 0.717) is 0 Å². The van der Waals surface area contributed by atoms with Gasteiger partial charge in [-0.05, 0) is 25.5 Å². The molecule has 1 aromatic carbocycles. The summed E-state index contributed by atoms with van der Waals surface area (Å²) in [6.07, 6.45) is 4.22. The summed E-state index contributed by atoms with van der Waals surface area (Å²) in [6, 6.07) is 8.30. The number of hydrogen-bond acceptors (Lipinski definition) is 2. The fraction of sp³-hybridized carbons (Fsp3) is 0.333. The van der Waals surface area contributed by atoms with E-state index < -0.39 is 0 Å². The van der Waals surface area contributed by atoms with Gasteiger partial charge < -0.3 is 16.0 Å². The zero-order chi connectivity index (χ0) is 10.5. The first-order chi connectivity index (χ1) is 7.42. The van der Waals surface area contributed by atoms with Crippen LogP contribution in [0.3, 0.4) is 0 Å². The van der Waals surface area contributed by atoms with Gasteiger partial charge in [-0.2, -0.15) is 0 Å². The number of unbranched alkanes of at least 4 members (excludes halogenated alkanes) is 1. The molecule has 0 saturated carbocycles. The first kappa shape index (κ1) is 10.1. The van der Waals surface area contributed by atoms with E-state index in [-0.39, 0.29) is 0 Å². The molecule has 0 fully saturated rings. The highest BCUT2D eigenvalue weighted by Crippen LogP contribution is 2.22. The lowest BCUT2D eigenvalue weighted by Gasteiger charge is -2.03. The number of H-pyrrole nitrogens is 1. The first-order valence-corrected chi connectivity index (χ1v) is 5.42. The van der Waals surface area contributed by atoms with Crippen molar-refractivity contribution in [2.45, 2.75) is 12.8 Å². The Hall–Kier alpha value is -1.48. The molecular weight excluding hydrogens is 186 g/mol. The monoisotopic (exact) mass is 203 g/mol. The van der Waals surface area contributed by atoms with Crippen LogP contribution in [0.1, 0.15) is 12.8 Å². The lowest BCUT2D eigenvalue weighted by atomic mass is 10.2. The van der Waals surface area contributed by atoms with Crippen molar-refractivity contribution in [3.05, 3.63) is 30.5 Å². The number of benzene rings is 1. The van der Waals surface area contributed by atoms with E-state index in [1.54, 1.807) is 0 Å². The predicted octanol–water partition coefficient (Wildman–Crippen LogP) is 2.32. The highest BCUT2D eigenvalue weighted by Gasteiger charge is 2.00. The minimum atomic E-state index is 0.773. The van der Waals surface area contributed by atoms with Crippen LogP contribution >= 0.6 is 0 Å². The molecule has 3 heteroatoms. The minimum absolute atomic E-state index is 0.773. The van der Waals surface area contributed by atoms with Crippen molar-refractivity contribution in [2.75, 3.05) is 18.4 Å². The average Bonchev–Trinajstić information content (AvgIpc) is 2.68. The number of nitrogens with two attached hydrogens (primary N) is 1. The Labute approximate surface area is 89.7 Å².